The molecule has 1 aliphatic carbocycles. The number of aromatic hydroxyl groups is 4. The van der Waals surface area contributed by atoms with Crippen molar-refractivity contribution >= 4 is 0 Å². The molecule has 0 bridgehead atoms. The molecular formula is C19H9F13O4. The molecule has 4 nitrogen and oxygen atoms in total. The molecule has 3 rings (SSSR count). The number of benzene rings is 2. The van der Waals surface area contributed by atoms with Gasteiger partial charge in [0.2, 0.25) is 11.5 Å². The van der Waals surface area contributed by atoms with Crippen LogP contribution >= 0.6 is 0 Å². The number of hydrogen-bond donors (Lipinski definition) is 4. The molecule has 0 saturated heterocycles. The van der Waals surface area contributed by atoms with E-state index in [-0.39, 0.29) is 6.07 Å². The molecular weight excluding hydrogens is 539 g/mol. The second-order valence-electron chi connectivity index (χ2n) is 7.63. The van der Waals surface area contributed by atoms with Crippen LogP contribution in [-0.2, 0) is 12.3 Å². The summed E-state index contributed by atoms with van der Waals surface area (Å²) in [5.74, 6) is -44.2. The monoisotopic (exact) mass is 548 g/mol. The lowest BCUT2D eigenvalue weighted by Gasteiger charge is -2.40. The number of hydrogen-bond acceptors (Lipinski definition) is 4. The number of halogens is 13. The van der Waals surface area contributed by atoms with E-state index in [4.69, 9.17) is 0 Å². The Hall–Kier alpha value is -3.27. The minimum Gasteiger partial charge on any atom is -0.504 e. The fraction of sp³-hybridized carbons (Fsp3) is 0.368. The van der Waals surface area contributed by atoms with E-state index in [1.165, 1.54) is 0 Å². The van der Waals surface area contributed by atoms with Crippen LogP contribution in [0.2, 0.25) is 0 Å². The zero-order valence-corrected chi connectivity index (χ0v) is 16.6. The standard InChI is InChI=1S/C19H9F13O4/c20-14(21,15(22,23)16(24,25)17(26,27)18(28,29)19(30,31)32)7-3-1-2-5-4-6-9(8(5)7)11(34)13(36)12(35)10(6)33/h1-3,33-36H,4H2. The van der Waals surface area contributed by atoms with Gasteiger partial charge in [0.05, 0.1) is 0 Å². The number of phenolic OH excluding ortho intramolecular Hbond substituents is 4. The maximum absolute atomic E-state index is 14.9. The van der Waals surface area contributed by atoms with Gasteiger partial charge in [0.1, 0.15) is 0 Å². The second kappa shape index (κ2) is 7.38. The van der Waals surface area contributed by atoms with Crippen LogP contribution in [0, 0.1) is 0 Å². The van der Waals surface area contributed by atoms with Gasteiger partial charge in [-0.05, 0) is 11.1 Å². The zero-order valence-electron chi connectivity index (χ0n) is 16.6. The van der Waals surface area contributed by atoms with Gasteiger partial charge >= 0.3 is 35.8 Å². The third-order valence-corrected chi connectivity index (χ3v) is 5.54. The molecule has 0 spiro atoms. The van der Waals surface area contributed by atoms with Crippen LogP contribution < -0.4 is 0 Å². The quantitative estimate of drug-likeness (QED) is 0.172. The van der Waals surface area contributed by atoms with E-state index in [0.29, 0.717) is 6.07 Å². The molecule has 0 saturated carbocycles. The highest BCUT2D eigenvalue weighted by Crippen LogP contribution is 2.64. The molecule has 0 radical (unpaired) electrons. The van der Waals surface area contributed by atoms with Crippen molar-refractivity contribution in [1.82, 2.24) is 0 Å². The third kappa shape index (κ3) is 3.09. The van der Waals surface area contributed by atoms with Crippen LogP contribution in [0.25, 0.3) is 11.1 Å². The minimum absolute atomic E-state index is 0.113. The maximum atomic E-state index is 14.9. The van der Waals surface area contributed by atoms with Crippen molar-refractivity contribution in [2.45, 2.75) is 42.2 Å². The Balaban J connectivity index is 2.29. The summed E-state index contributed by atoms with van der Waals surface area (Å²) < 4.78 is 177. The Morgan fingerprint density at radius 2 is 1.00 bits per heavy atom. The highest BCUT2D eigenvalue weighted by atomic mass is 19.4. The molecule has 1 aliphatic rings. The first-order chi connectivity index (χ1) is 16.0. The summed E-state index contributed by atoms with van der Waals surface area (Å²) in [6, 6.07) is 1.15. The van der Waals surface area contributed by atoms with E-state index in [0.717, 1.165) is 6.07 Å². The van der Waals surface area contributed by atoms with E-state index in [1.807, 2.05) is 0 Å². The summed E-state index contributed by atoms with van der Waals surface area (Å²) >= 11 is 0. The first-order valence-corrected chi connectivity index (χ1v) is 9.05. The molecule has 2 aromatic rings. The normalized spacial score (nSPS) is 15.1. The van der Waals surface area contributed by atoms with Gasteiger partial charge in [-0.2, -0.15) is 57.1 Å². The molecule has 2 aromatic carbocycles. The molecule has 0 atom stereocenters. The number of fused-ring (bicyclic) bond motifs is 3. The average molecular weight is 548 g/mol. The Morgan fingerprint density at radius 3 is 1.50 bits per heavy atom. The van der Waals surface area contributed by atoms with Gasteiger partial charge in [-0.15, -0.1) is 0 Å². The van der Waals surface area contributed by atoms with Crippen LogP contribution in [0.4, 0.5) is 57.1 Å². The van der Waals surface area contributed by atoms with Crippen molar-refractivity contribution in [3.05, 3.63) is 34.9 Å². The summed E-state index contributed by atoms with van der Waals surface area (Å²) in [4.78, 5) is 0. The molecule has 36 heavy (non-hydrogen) atoms. The average Bonchev–Trinajstić information content (AvgIpc) is 3.14. The molecule has 0 unspecified atom stereocenters. The second-order valence-corrected chi connectivity index (χ2v) is 7.63. The molecule has 0 amide bonds. The first kappa shape index (κ1) is 27.3. The lowest BCUT2D eigenvalue weighted by Crippen LogP contribution is -2.69. The third-order valence-electron chi connectivity index (χ3n) is 5.54. The van der Waals surface area contributed by atoms with Crippen LogP contribution in [0.3, 0.4) is 0 Å². The predicted molar refractivity (Wildman–Crippen MR) is 91.1 cm³/mol. The van der Waals surface area contributed by atoms with Crippen molar-refractivity contribution in [2.24, 2.45) is 0 Å². The largest absolute Gasteiger partial charge is 0.504 e. The molecule has 0 aromatic heterocycles. The molecule has 0 fully saturated rings. The van der Waals surface area contributed by atoms with Crippen molar-refractivity contribution in [3.8, 4) is 34.1 Å². The van der Waals surface area contributed by atoms with Gasteiger partial charge in [0.15, 0.2) is 11.5 Å². The van der Waals surface area contributed by atoms with Crippen molar-refractivity contribution in [1.29, 1.82) is 0 Å². The lowest BCUT2D eigenvalue weighted by atomic mass is 9.86. The molecule has 17 heteroatoms. The van der Waals surface area contributed by atoms with Crippen molar-refractivity contribution in [3.63, 3.8) is 0 Å². The van der Waals surface area contributed by atoms with Gasteiger partial charge < -0.3 is 20.4 Å². The summed E-state index contributed by atoms with van der Waals surface area (Å²) in [7, 11) is 0. The zero-order chi connectivity index (χ0) is 28.0. The van der Waals surface area contributed by atoms with E-state index in [9.17, 15) is 77.5 Å². The Morgan fingerprint density at radius 1 is 0.528 bits per heavy atom. The van der Waals surface area contributed by atoms with Crippen molar-refractivity contribution in [2.75, 3.05) is 0 Å². The van der Waals surface area contributed by atoms with E-state index in [2.05, 4.69) is 0 Å². The lowest BCUT2D eigenvalue weighted by molar-refractivity contribution is -0.441. The highest BCUT2D eigenvalue weighted by Gasteiger charge is 2.91. The molecule has 0 aliphatic heterocycles. The summed E-state index contributed by atoms with van der Waals surface area (Å²) in [6.07, 6.45) is -8.35. The van der Waals surface area contributed by atoms with E-state index in [1.54, 1.807) is 0 Å². The first-order valence-electron chi connectivity index (χ1n) is 9.05. The maximum Gasteiger partial charge on any atom is 0.460 e. The Labute approximate surface area is 189 Å². The van der Waals surface area contributed by atoms with Gasteiger partial charge in [-0.3, -0.25) is 0 Å². The molecule has 0 heterocycles. The summed E-state index contributed by atoms with van der Waals surface area (Å²) in [5, 5.41) is 39.1. The topological polar surface area (TPSA) is 80.9 Å². The Bertz CT molecular complexity index is 1240. The van der Waals surface area contributed by atoms with E-state index >= 15 is 0 Å². The number of rotatable bonds is 5. The van der Waals surface area contributed by atoms with Crippen LogP contribution in [-0.4, -0.2) is 50.3 Å². The van der Waals surface area contributed by atoms with Gasteiger partial charge in [0.25, 0.3) is 0 Å². The number of phenols is 4. The smallest absolute Gasteiger partial charge is 0.460 e. The fourth-order valence-corrected chi connectivity index (χ4v) is 3.62. The number of alkyl halides is 13. The fourth-order valence-electron chi connectivity index (χ4n) is 3.62. The van der Waals surface area contributed by atoms with Gasteiger partial charge in [-0.25, -0.2) is 0 Å². The Kier molecular flexibility index (Phi) is 5.60. The molecule has 4 N–H and O–H groups in total. The van der Waals surface area contributed by atoms with Gasteiger partial charge in [0, 0.05) is 23.1 Å². The SMILES string of the molecule is Oc1c(O)c(O)c2c(c1O)Cc1cccc(C(F)(F)C(F)(F)C(F)(F)C(F)(F)C(F)(F)C(F)(F)F)c1-2. The van der Waals surface area contributed by atoms with E-state index < -0.39 is 93.0 Å². The van der Waals surface area contributed by atoms with Crippen LogP contribution in [0.15, 0.2) is 18.2 Å². The summed E-state index contributed by atoms with van der Waals surface area (Å²) in [5.41, 5.74) is -6.23. The van der Waals surface area contributed by atoms with Crippen LogP contribution in [0.5, 0.6) is 23.0 Å². The molecule has 200 valence electrons. The van der Waals surface area contributed by atoms with Crippen molar-refractivity contribution < 1.29 is 77.5 Å². The summed E-state index contributed by atoms with van der Waals surface area (Å²) in [6.45, 7) is 0. The minimum atomic E-state index is -8.09. The highest BCUT2D eigenvalue weighted by molar-refractivity contribution is 5.90. The van der Waals surface area contributed by atoms with Gasteiger partial charge in [-0.1, -0.05) is 18.2 Å². The van der Waals surface area contributed by atoms with Crippen LogP contribution in [0.1, 0.15) is 16.7 Å². The predicted octanol–water partition coefficient (Wildman–Crippen LogP) is 6.28.